The van der Waals surface area contributed by atoms with Gasteiger partial charge in [0.15, 0.2) is 0 Å². The van der Waals surface area contributed by atoms with Gasteiger partial charge in [-0.05, 0) is 62.4 Å². The first kappa shape index (κ1) is 19.7. The number of hydrogen-bond acceptors (Lipinski definition) is 5. The molecule has 1 unspecified atom stereocenters. The Morgan fingerprint density at radius 2 is 2.00 bits per heavy atom. The molecule has 3 aromatic rings. The van der Waals surface area contributed by atoms with Gasteiger partial charge in [0.25, 0.3) is 0 Å². The van der Waals surface area contributed by atoms with Crippen LogP contribution in [-0.4, -0.2) is 38.0 Å². The summed E-state index contributed by atoms with van der Waals surface area (Å²) in [6.45, 7) is 3.28. The van der Waals surface area contributed by atoms with Gasteiger partial charge in [0.05, 0.1) is 30.2 Å². The number of hydrogen-bond donors (Lipinski definition) is 1. The molecule has 0 radical (unpaired) electrons. The maximum atomic E-state index is 5.74. The van der Waals surface area contributed by atoms with Crippen LogP contribution in [0.3, 0.4) is 0 Å². The van der Waals surface area contributed by atoms with Crippen molar-refractivity contribution < 1.29 is 0 Å². The molecular formula is C23H30N6. The molecule has 0 saturated heterocycles. The zero-order valence-corrected chi connectivity index (χ0v) is 17.0. The molecular weight excluding hydrogens is 360 g/mol. The van der Waals surface area contributed by atoms with Crippen LogP contribution in [0.15, 0.2) is 54.9 Å². The first-order valence-corrected chi connectivity index (χ1v) is 10.6. The summed E-state index contributed by atoms with van der Waals surface area (Å²) >= 11 is 0. The lowest BCUT2D eigenvalue weighted by Crippen LogP contribution is -2.33. The highest BCUT2D eigenvalue weighted by Crippen LogP contribution is 2.33. The largest absolute Gasteiger partial charge is 0.330 e. The monoisotopic (exact) mass is 390 g/mol. The molecule has 0 aliphatic heterocycles. The molecule has 1 atom stereocenters. The minimum atomic E-state index is 0.344. The van der Waals surface area contributed by atoms with Crippen molar-refractivity contribution in [3.8, 4) is 0 Å². The average molecular weight is 391 g/mol. The summed E-state index contributed by atoms with van der Waals surface area (Å²) in [7, 11) is 0. The van der Waals surface area contributed by atoms with Crippen molar-refractivity contribution in [3.05, 3.63) is 77.4 Å². The van der Waals surface area contributed by atoms with Gasteiger partial charge in [0.1, 0.15) is 0 Å². The zero-order valence-electron chi connectivity index (χ0n) is 17.0. The first-order valence-electron chi connectivity index (χ1n) is 10.6. The fourth-order valence-electron chi connectivity index (χ4n) is 4.21. The summed E-state index contributed by atoms with van der Waals surface area (Å²) in [6.07, 6.45) is 9.61. The number of aromatic nitrogens is 4. The van der Waals surface area contributed by atoms with Crippen molar-refractivity contribution in [1.29, 1.82) is 0 Å². The fourth-order valence-corrected chi connectivity index (χ4v) is 4.21. The molecule has 0 spiro atoms. The van der Waals surface area contributed by atoms with E-state index < -0.39 is 0 Å². The van der Waals surface area contributed by atoms with Crippen molar-refractivity contribution in [1.82, 2.24) is 24.9 Å². The van der Waals surface area contributed by atoms with Crippen LogP contribution in [0.5, 0.6) is 0 Å². The second-order valence-electron chi connectivity index (χ2n) is 7.82. The number of pyridine rings is 1. The predicted molar refractivity (Wildman–Crippen MR) is 114 cm³/mol. The standard InChI is InChI=1S/C23H30N6/c24-13-4-5-15-28(22-12-6-10-20-11-7-14-25-23(20)22)17-21-18-29(27-26-21)16-19-8-2-1-3-9-19/h1-3,7-9,11,14,18,22H,4-6,10,12-13,15-17,24H2. The third kappa shape index (κ3) is 5.08. The van der Waals surface area contributed by atoms with Crippen molar-refractivity contribution >= 4 is 0 Å². The Morgan fingerprint density at radius 1 is 1.10 bits per heavy atom. The molecule has 4 rings (SSSR count). The van der Waals surface area contributed by atoms with Gasteiger partial charge < -0.3 is 5.73 Å². The van der Waals surface area contributed by atoms with Gasteiger partial charge >= 0.3 is 0 Å². The quantitative estimate of drug-likeness (QED) is 0.567. The molecule has 0 amide bonds. The van der Waals surface area contributed by atoms with E-state index in [1.807, 2.05) is 16.9 Å². The molecule has 1 aromatic carbocycles. The van der Waals surface area contributed by atoms with Crippen molar-refractivity contribution in [3.63, 3.8) is 0 Å². The van der Waals surface area contributed by atoms with Crippen LogP contribution >= 0.6 is 0 Å². The van der Waals surface area contributed by atoms with Crippen LogP contribution in [0, 0.1) is 0 Å². The smallest absolute Gasteiger partial charge is 0.0967 e. The van der Waals surface area contributed by atoms with Crippen LogP contribution in [0.1, 0.15) is 54.2 Å². The number of fused-ring (bicyclic) bond motifs is 1. The minimum Gasteiger partial charge on any atom is -0.330 e. The Kier molecular flexibility index (Phi) is 6.64. The normalized spacial score (nSPS) is 16.1. The molecule has 29 heavy (non-hydrogen) atoms. The van der Waals surface area contributed by atoms with E-state index >= 15 is 0 Å². The molecule has 152 valence electrons. The van der Waals surface area contributed by atoms with Gasteiger partial charge in [-0.15, -0.1) is 5.10 Å². The summed E-state index contributed by atoms with van der Waals surface area (Å²) in [6, 6.07) is 15.0. The zero-order chi connectivity index (χ0) is 19.9. The number of nitrogens with two attached hydrogens (primary N) is 1. The van der Waals surface area contributed by atoms with Crippen molar-refractivity contribution in [2.75, 3.05) is 13.1 Å². The second kappa shape index (κ2) is 9.76. The summed E-state index contributed by atoms with van der Waals surface area (Å²) in [5.74, 6) is 0. The highest BCUT2D eigenvalue weighted by atomic mass is 15.4. The van der Waals surface area contributed by atoms with Crippen molar-refractivity contribution in [2.24, 2.45) is 5.73 Å². The Hall–Kier alpha value is -2.57. The molecule has 1 aliphatic carbocycles. The van der Waals surface area contributed by atoms with Crippen LogP contribution in [0.25, 0.3) is 0 Å². The fraction of sp³-hybridized carbons (Fsp3) is 0.435. The predicted octanol–water partition coefficient (Wildman–Crippen LogP) is 3.34. The van der Waals surface area contributed by atoms with E-state index in [1.54, 1.807) is 0 Å². The number of rotatable bonds is 9. The summed E-state index contributed by atoms with van der Waals surface area (Å²) in [4.78, 5) is 7.27. The van der Waals surface area contributed by atoms with Gasteiger partial charge in [-0.25, -0.2) is 4.68 Å². The van der Waals surface area contributed by atoms with E-state index in [1.165, 1.54) is 23.2 Å². The maximum absolute atomic E-state index is 5.74. The molecule has 0 fully saturated rings. The van der Waals surface area contributed by atoms with Crippen LogP contribution in [-0.2, 0) is 19.5 Å². The SMILES string of the molecule is NCCCCN(Cc1cn(Cc2ccccc2)nn1)C1CCCc2cccnc21. The Balaban J connectivity index is 1.49. The van der Waals surface area contributed by atoms with Crippen LogP contribution in [0.2, 0.25) is 0 Å². The molecule has 0 saturated carbocycles. The second-order valence-corrected chi connectivity index (χ2v) is 7.82. The van der Waals surface area contributed by atoms with E-state index in [4.69, 9.17) is 10.7 Å². The summed E-state index contributed by atoms with van der Waals surface area (Å²) in [5.41, 5.74) is 10.6. The summed E-state index contributed by atoms with van der Waals surface area (Å²) < 4.78 is 1.93. The number of nitrogens with zero attached hydrogens (tertiary/aromatic N) is 5. The average Bonchev–Trinajstić information content (AvgIpc) is 3.20. The van der Waals surface area contributed by atoms with E-state index in [2.05, 4.69) is 57.8 Å². The van der Waals surface area contributed by atoms with Gasteiger partial charge in [0, 0.05) is 12.7 Å². The molecule has 1 aliphatic rings. The molecule has 2 N–H and O–H groups in total. The van der Waals surface area contributed by atoms with Gasteiger partial charge in [-0.3, -0.25) is 9.88 Å². The highest BCUT2D eigenvalue weighted by molar-refractivity contribution is 5.25. The van der Waals surface area contributed by atoms with Gasteiger partial charge in [-0.1, -0.05) is 41.6 Å². The van der Waals surface area contributed by atoms with Crippen LogP contribution < -0.4 is 5.73 Å². The molecule has 2 heterocycles. The Bertz CT molecular complexity index is 891. The van der Waals surface area contributed by atoms with Crippen LogP contribution in [0.4, 0.5) is 0 Å². The Morgan fingerprint density at radius 3 is 2.86 bits per heavy atom. The topological polar surface area (TPSA) is 72.9 Å². The lowest BCUT2D eigenvalue weighted by atomic mass is 9.90. The first-order chi connectivity index (χ1) is 14.3. The molecule has 0 bridgehead atoms. The maximum Gasteiger partial charge on any atom is 0.0967 e. The Labute approximate surface area is 172 Å². The lowest BCUT2D eigenvalue weighted by molar-refractivity contribution is 0.161. The third-order valence-electron chi connectivity index (χ3n) is 5.64. The van der Waals surface area contributed by atoms with Gasteiger partial charge in [-0.2, -0.15) is 0 Å². The molecule has 6 heteroatoms. The minimum absolute atomic E-state index is 0.344. The number of unbranched alkanes of at least 4 members (excludes halogenated alkanes) is 1. The number of benzene rings is 1. The van der Waals surface area contributed by atoms with E-state index in [0.717, 1.165) is 57.6 Å². The van der Waals surface area contributed by atoms with Gasteiger partial charge in [0.2, 0.25) is 0 Å². The number of aryl methyl sites for hydroxylation is 1. The summed E-state index contributed by atoms with van der Waals surface area (Å²) in [5, 5.41) is 8.81. The highest BCUT2D eigenvalue weighted by Gasteiger charge is 2.27. The van der Waals surface area contributed by atoms with E-state index in [-0.39, 0.29) is 0 Å². The molecule has 6 nitrogen and oxygen atoms in total. The third-order valence-corrected chi connectivity index (χ3v) is 5.64. The lowest BCUT2D eigenvalue weighted by Gasteiger charge is -2.34. The van der Waals surface area contributed by atoms with E-state index in [9.17, 15) is 0 Å². The van der Waals surface area contributed by atoms with Crippen molar-refractivity contribution in [2.45, 2.75) is 51.2 Å². The van der Waals surface area contributed by atoms with E-state index in [0.29, 0.717) is 6.04 Å². The molecule has 2 aromatic heterocycles.